The molecule has 1 aliphatic rings. The van der Waals surface area contributed by atoms with E-state index in [0.29, 0.717) is 17.1 Å². The van der Waals surface area contributed by atoms with Crippen LogP contribution in [0.2, 0.25) is 0 Å². The van der Waals surface area contributed by atoms with Gasteiger partial charge < -0.3 is 14.8 Å². The molecule has 0 saturated heterocycles. The number of hydrogen-bond donors (Lipinski definition) is 1. The van der Waals surface area contributed by atoms with Crippen molar-refractivity contribution in [3.05, 3.63) is 65.6 Å². The molecule has 0 aliphatic carbocycles. The fourth-order valence-corrected chi connectivity index (χ4v) is 3.58. The monoisotopic (exact) mass is 433 g/mol. The molecule has 1 aromatic heterocycles. The van der Waals surface area contributed by atoms with E-state index in [4.69, 9.17) is 9.47 Å². The van der Waals surface area contributed by atoms with Crippen LogP contribution < -0.4 is 14.8 Å². The molecule has 0 radical (unpaired) electrons. The number of aromatic nitrogens is 2. The summed E-state index contributed by atoms with van der Waals surface area (Å²) in [6, 6.07) is 13.5. The molecule has 0 bridgehead atoms. The van der Waals surface area contributed by atoms with Crippen LogP contribution in [0.25, 0.3) is 11.3 Å². The zero-order chi connectivity index (χ0) is 22.7. The first-order valence-corrected chi connectivity index (χ1v) is 10.3. The van der Waals surface area contributed by atoms with Gasteiger partial charge >= 0.3 is 0 Å². The number of carbonyl (C=O) groups is 1. The molecule has 1 N–H and O–H groups in total. The van der Waals surface area contributed by atoms with Crippen molar-refractivity contribution in [1.29, 1.82) is 0 Å². The van der Waals surface area contributed by atoms with E-state index in [-0.39, 0.29) is 30.5 Å². The van der Waals surface area contributed by atoms with Crippen molar-refractivity contribution in [3.63, 3.8) is 0 Å². The molecule has 1 amide bonds. The predicted molar refractivity (Wildman–Crippen MR) is 119 cm³/mol. The van der Waals surface area contributed by atoms with Gasteiger partial charge in [-0.05, 0) is 50.2 Å². The van der Waals surface area contributed by atoms with Crippen molar-refractivity contribution < 1.29 is 18.7 Å². The van der Waals surface area contributed by atoms with E-state index in [9.17, 15) is 9.18 Å². The molecule has 0 atom stereocenters. The summed E-state index contributed by atoms with van der Waals surface area (Å²) in [4.78, 5) is 12.5. The second kappa shape index (κ2) is 8.75. The normalized spacial score (nSPS) is 13.5. The summed E-state index contributed by atoms with van der Waals surface area (Å²) in [5, 5.41) is 7.08. The van der Waals surface area contributed by atoms with Gasteiger partial charge in [0.1, 0.15) is 23.7 Å². The number of hydrogen-bond acceptors (Lipinski definition) is 4. The Morgan fingerprint density at radius 3 is 2.81 bits per heavy atom. The van der Waals surface area contributed by atoms with Gasteiger partial charge in [0.2, 0.25) is 0 Å². The third-order valence-corrected chi connectivity index (χ3v) is 5.07. The Morgan fingerprint density at radius 1 is 1.25 bits per heavy atom. The van der Waals surface area contributed by atoms with Gasteiger partial charge in [0.25, 0.3) is 5.91 Å². The summed E-state index contributed by atoms with van der Waals surface area (Å²) in [6.45, 7) is 4.46. The van der Waals surface area contributed by atoms with Gasteiger partial charge in [0, 0.05) is 24.6 Å². The van der Waals surface area contributed by atoms with Gasteiger partial charge in [0.15, 0.2) is 11.5 Å². The van der Waals surface area contributed by atoms with Crippen molar-refractivity contribution in [2.24, 2.45) is 7.05 Å². The molecule has 0 unspecified atom stereocenters. The first kappa shape index (κ1) is 21.4. The van der Waals surface area contributed by atoms with E-state index in [2.05, 4.69) is 22.3 Å². The van der Waals surface area contributed by atoms with E-state index in [1.54, 1.807) is 25.2 Å². The number of nitrogens with one attached hydrogen (secondary N) is 1. The second-order valence-corrected chi connectivity index (χ2v) is 8.15. The summed E-state index contributed by atoms with van der Waals surface area (Å²) in [5.41, 5.74) is 2.61. The molecule has 0 fully saturated rings. The number of amides is 1. The SMILES string of the molecule is Cn1nc(-c2ccc(F)cc2)cc1C(=O)NCC#CCOc1cccc2c1OC(C)(C)C2. The smallest absolute Gasteiger partial charge is 0.270 e. The highest BCUT2D eigenvalue weighted by atomic mass is 19.1. The molecule has 32 heavy (non-hydrogen) atoms. The molecule has 0 saturated carbocycles. The van der Waals surface area contributed by atoms with Gasteiger partial charge in [-0.15, -0.1) is 0 Å². The maximum atomic E-state index is 13.1. The Labute approximate surface area is 186 Å². The number of ether oxygens (including phenoxy) is 2. The summed E-state index contributed by atoms with van der Waals surface area (Å²) < 4.78 is 26.3. The van der Waals surface area contributed by atoms with Gasteiger partial charge in [-0.25, -0.2) is 4.39 Å². The van der Waals surface area contributed by atoms with Crippen molar-refractivity contribution in [2.75, 3.05) is 13.2 Å². The van der Waals surface area contributed by atoms with Gasteiger partial charge in [-0.1, -0.05) is 24.0 Å². The molecular weight excluding hydrogens is 409 g/mol. The molecule has 4 rings (SSSR count). The van der Waals surface area contributed by atoms with E-state index in [1.807, 2.05) is 32.0 Å². The minimum Gasteiger partial charge on any atom is -0.483 e. The van der Waals surface area contributed by atoms with Crippen LogP contribution in [0.15, 0.2) is 48.5 Å². The topological polar surface area (TPSA) is 65.4 Å². The van der Waals surface area contributed by atoms with Crippen LogP contribution in [0.5, 0.6) is 11.5 Å². The Morgan fingerprint density at radius 2 is 2.03 bits per heavy atom. The van der Waals surface area contributed by atoms with E-state index in [1.165, 1.54) is 16.8 Å². The van der Waals surface area contributed by atoms with Gasteiger partial charge in [-0.3, -0.25) is 9.48 Å². The van der Waals surface area contributed by atoms with Crippen LogP contribution in [0.1, 0.15) is 29.9 Å². The summed E-state index contributed by atoms with van der Waals surface area (Å²) in [7, 11) is 1.68. The largest absolute Gasteiger partial charge is 0.483 e. The van der Waals surface area contributed by atoms with Crippen LogP contribution in [-0.2, 0) is 13.5 Å². The number of aryl methyl sites for hydroxylation is 1. The third-order valence-electron chi connectivity index (χ3n) is 5.07. The first-order chi connectivity index (χ1) is 15.3. The Hall–Kier alpha value is -3.79. The average Bonchev–Trinajstić information content (AvgIpc) is 3.29. The number of fused-ring (bicyclic) bond motifs is 1. The van der Waals surface area contributed by atoms with Crippen molar-refractivity contribution >= 4 is 5.91 Å². The van der Waals surface area contributed by atoms with Crippen molar-refractivity contribution in [3.8, 4) is 34.6 Å². The maximum absolute atomic E-state index is 13.1. The first-order valence-electron chi connectivity index (χ1n) is 10.3. The highest BCUT2D eigenvalue weighted by molar-refractivity contribution is 5.93. The van der Waals surface area contributed by atoms with Crippen LogP contribution in [0.3, 0.4) is 0 Å². The predicted octanol–water partition coefficient (Wildman–Crippen LogP) is 3.75. The van der Waals surface area contributed by atoms with Gasteiger partial charge in [-0.2, -0.15) is 5.10 Å². The summed E-state index contributed by atoms with van der Waals surface area (Å²) in [5.74, 6) is 6.63. The fourth-order valence-electron chi connectivity index (χ4n) is 3.58. The molecule has 6 nitrogen and oxygen atoms in total. The maximum Gasteiger partial charge on any atom is 0.270 e. The third kappa shape index (κ3) is 4.75. The zero-order valence-corrected chi connectivity index (χ0v) is 18.2. The molecule has 0 spiro atoms. The Bertz CT molecular complexity index is 1200. The molecule has 2 heterocycles. The van der Waals surface area contributed by atoms with E-state index < -0.39 is 0 Å². The van der Waals surface area contributed by atoms with Crippen LogP contribution in [-0.4, -0.2) is 34.4 Å². The van der Waals surface area contributed by atoms with Crippen molar-refractivity contribution in [2.45, 2.75) is 25.9 Å². The lowest BCUT2D eigenvalue weighted by molar-refractivity contribution is 0.0949. The molecule has 1 aliphatic heterocycles. The van der Waals surface area contributed by atoms with Crippen LogP contribution in [0.4, 0.5) is 4.39 Å². The number of para-hydroxylation sites is 1. The lowest BCUT2D eigenvalue weighted by atomic mass is 10.0. The fraction of sp³-hybridized carbons (Fsp3) is 0.280. The second-order valence-electron chi connectivity index (χ2n) is 8.15. The Balaban J connectivity index is 1.30. The van der Waals surface area contributed by atoms with Crippen LogP contribution >= 0.6 is 0 Å². The lowest BCUT2D eigenvalue weighted by Crippen LogP contribution is -2.25. The number of rotatable bonds is 5. The summed E-state index contributed by atoms with van der Waals surface area (Å²) >= 11 is 0. The van der Waals surface area contributed by atoms with E-state index in [0.717, 1.165) is 23.3 Å². The standard InChI is InChI=1S/C25H24FN3O3/c1-25(2)16-18-7-6-8-22(23(18)32-25)31-14-5-4-13-27-24(30)21-15-20(28-29(21)3)17-9-11-19(26)12-10-17/h6-12,15H,13-14,16H2,1-3H3,(H,27,30). The minimum absolute atomic E-state index is 0.176. The molecule has 3 aromatic rings. The lowest BCUT2D eigenvalue weighted by Gasteiger charge is -2.17. The number of carbonyl (C=O) groups excluding carboxylic acids is 1. The highest BCUT2D eigenvalue weighted by Crippen LogP contribution is 2.41. The summed E-state index contributed by atoms with van der Waals surface area (Å²) in [6.07, 6.45) is 0.841. The molecular formula is C25H24FN3O3. The molecule has 7 heteroatoms. The molecule has 2 aromatic carbocycles. The Kier molecular flexibility index (Phi) is 5.87. The van der Waals surface area contributed by atoms with Gasteiger partial charge in [0.05, 0.1) is 12.2 Å². The quantitative estimate of drug-likeness (QED) is 0.623. The minimum atomic E-state index is -0.321. The molecule has 164 valence electrons. The highest BCUT2D eigenvalue weighted by Gasteiger charge is 2.32. The number of halogens is 1. The van der Waals surface area contributed by atoms with E-state index >= 15 is 0 Å². The van der Waals surface area contributed by atoms with Crippen molar-refractivity contribution in [1.82, 2.24) is 15.1 Å². The number of nitrogens with zero attached hydrogens (tertiary/aromatic N) is 2. The number of benzene rings is 2. The average molecular weight is 433 g/mol. The zero-order valence-electron chi connectivity index (χ0n) is 18.2. The van der Waals surface area contributed by atoms with Crippen LogP contribution in [0, 0.1) is 17.7 Å².